The van der Waals surface area contributed by atoms with Crippen molar-refractivity contribution in [2.24, 2.45) is 0 Å². The SMILES string of the molecule is CCS(=O)CCn1c(CCCl)nc2cc(Br)c(F)cc21. The van der Waals surface area contributed by atoms with E-state index in [2.05, 4.69) is 20.9 Å². The Kier molecular flexibility index (Phi) is 5.57. The molecule has 2 rings (SSSR count). The number of rotatable bonds is 6. The van der Waals surface area contributed by atoms with E-state index in [1.54, 1.807) is 6.07 Å². The highest BCUT2D eigenvalue weighted by atomic mass is 79.9. The van der Waals surface area contributed by atoms with Crippen LogP contribution in [0.1, 0.15) is 12.7 Å². The summed E-state index contributed by atoms with van der Waals surface area (Å²) in [7, 11) is -0.861. The molecule has 1 aromatic carbocycles. The molecule has 20 heavy (non-hydrogen) atoms. The molecule has 0 fully saturated rings. The van der Waals surface area contributed by atoms with E-state index in [0.29, 0.717) is 34.8 Å². The van der Waals surface area contributed by atoms with Crippen molar-refractivity contribution in [1.29, 1.82) is 0 Å². The van der Waals surface area contributed by atoms with E-state index in [-0.39, 0.29) is 5.82 Å². The maximum absolute atomic E-state index is 13.7. The van der Waals surface area contributed by atoms with Crippen molar-refractivity contribution in [3.63, 3.8) is 0 Å². The van der Waals surface area contributed by atoms with Crippen LogP contribution < -0.4 is 0 Å². The van der Waals surface area contributed by atoms with Crippen molar-refractivity contribution >= 4 is 49.4 Å². The summed E-state index contributed by atoms with van der Waals surface area (Å²) in [5, 5.41) is 0. The van der Waals surface area contributed by atoms with Gasteiger partial charge in [0.15, 0.2) is 0 Å². The lowest BCUT2D eigenvalue weighted by atomic mass is 10.3. The zero-order valence-electron chi connectivity index (χ0n) is 11.0. The first-order chi connectivity index (χ1) is 9.56. The minimum atomic E-state index is -0.861. The number of nitrogens with zero attached hydrogens (tertiary/aromatic N) is 2. The molecule has 0 spiro atoms. The van der Waals surface area contributed by atoms with Gasteiger partial charge in [0.25, 0.3) is 0 Å². The molecule has 0 aliphatic rings. The fraction of sp³-hybridized carbons (Fsp3) is 0.462. The molecule has 1 atom stereocenters. The lowest BCUT2D eigenvalue weighted by molar-refractivity contribution is 0.621. The quantitative estimate of drug-likeness (QED) is 0.718. The molecule has 1 heterocycles. The van der Waals surface area contributed by atoms with Gasteiger partial charge in [-0.15, -0.1) is 11.6 Å². The Morgan fingerprint density at radius 1 is 1.50 bits per heavy atom. The summed E-state index contributed by atoms with van der Waals surface area (Å²) in [6.45, 7) is 2.45. The highest BCUT2D eigenvalue weighted by molar-refractivity contribution is 9.10. The van der Waals surface area contributed by atoms with Gasteiger partial charge in [-0.25, -0.2) is 9.37 Å². The minimum Gasteiger partial charge on any atom is -0.327 e. The second-order valence-corrected chi connectivity index (χ2v) is 7.40. The van der Waals surface area contributed by atoms with Crippen LogP contribution in [-0.2, 0) is 23.8 Å². The fourth-order valence-electron chi connectivity index (χ4n) is 2.03. The van der Waals surface area contributed by atoms with Crippen molar-refractivity contribution in [2.75, 3.05) is 17.4 Å². The normalized spacial score (nSPS) is 13.0. The van der Waals surface area contributed by atoms with Gasteiger partial charge in [0.1, 0.15) is 11.6 Å². The third kappa shape index (κ3) is 3.40. The van der Waals surface area contributed by atoms with E-state index >= 15 is 0 Å². The molecular weight excluding hydrogens is 367 g/mol. The predicted molar refractivity (Wildman–Crippen MR) is 85.4 cm³/mol. The molecule has 0 N–H and O–H groups in total. The van der Waals surface area contributed by atoms with Gasteiger partial charge >= 0.3 is 0 Å². The summed E-state index contributed by atoms with van der Waals surface area (Å²) in [4.78, 5) is 4.49. The molecular formula is C13H15BrClFN2OS. The maximum Gasteiger partial charge on any atom is 0.139 e. The van der Waals surface area contributed by atoms with Gasteiger partial charge in [-0.05, 0) is 22.0 Å². The molecule has 0 saturated carbocycles. The number of hydrogen-bond acceptors (Lipinski definition) is 2. The molecule has 1 unspecified atom stereocenters. The first-order valence-corrected chi connectivity index (χ1v) is 9.13. The zero-order chi connectivity index (χ0) is 14.7. The summed E-state index contributed by atoms with van der Waals surface area (Å²) in [5.41, 5.74) is 1.44. The van der Waals surface area contributed by atoms with Crippen LogP contribution in [-0.4, -0.2) is 31.1 Å². The van der Waals surface area contributed by atoms with Crippen molar-refractivity contribution < 1.29 is 8.60 Å². The number of alkyl halides is 1. The summed E-state index contributed by atoms with van der Waals surface area (Å²) >= 11 is 8.96. The molecule has 2 aromatic rings. The lowest BCUT2D eigenvalue weighted by Crippen LogP contribution is -2.12. The number of aromatic nitrogens is 2. The van der Waals surface area contributed by atoms with Crippen LogP contribution in [0.2, 0.25) is 0 Å². The van der Waals surface area contributed by atoms with Gasteiger partial charge in [-0.3, -0.25) is 4.21 Å². The second-order valence-electron chi connectivity index (χ2n) is 4.31. The smallest absolute Gasteiger partial charge is 0.139 e. The second kappa shape index (κ2) is 7.00. The van der Waals surface area contributed by atoms with Crippen molar-refractivity contribution in [3.8, 4) is 0 Å². The van der Waals surface area contributed by atoms with Crippen LogP contribution in [0.4, 0.5) is 4.39 Å². The summed E-state index contributed by atoms with van der Waals surface area (Å²) < 4.78 is 27.6. The average Bonchev–Trinajstić information content (AvgIpc) is 2.74. The van der Waals surface area contributed by atoms with Crippen LogP contribution in [0, 0.1) is 5.82 Å². The molecule has 110 valence electrons. The predicted octanol–water partition coefficient (Wildman–Crippen LogP) is 3.49. The van der Waals surface area contributed by atoms with Crippen molar-refractivity contribution in [2.45, 2.75) is 19.9 Å². The van der Waals surface area contributed by atoms with Gasteiger partial charge in [0, 0.05) is 47.2 Å². The van der Waals surface area contributed by atoms with Gasteiger partial charge in [-0.1, -0.05) is 6.92 Å². The summed E-state index contributed by atoms with van der Waals surface area (Å²) in [6.07, 6.45) is 0.605. The van der Waals surface area contributed by atoms with Crippen molar-refractivity contribution in [1.82, 2.24) is 9.55 Å². The standard InChI is InChI=1S/C13H15BrClFN2OS/c1-2-20(19)6-5-18-12-8-10(16)9(14)7-11(12)17-13(18)3-4-15/h7-8H,2-6H2,1H3. The fourth-order valence-corrected chi connectivity index (χ4v) is 3.21. The highest BCUT2D eigenvalue weighted by Gasteiger charge is 2.13. The molecule has 7 heteroatoms. The Bertz CT molecular complexity index is 647. The number of halogens is 3. The van der Waals surface area contributed by atoms with E-state index < -0.39 is 10.8 Å². The first kappa shape index (κ1) is 15.9. The van der Waals surface area contributed by atoms with Gasteiger partial charge in [0.05, 0.1) is 15.5 Å². The Morgan fingerprint density at radius 2 is 2.25 bits per heavy atom. The Labute approximate surface area is 133 Å². The lowest BCUT2D eigenvalue weighted by Gasteiger charge is -2.08. The van der Waals surface area contributed by atoms with Gasteiger partial charge in [-0.2, -0.15) is 0 Å². The maximum atomic E-state index is 13.7. The third-order valence-electron chi connectivity index (χ3n) is 3.05. The van der Waals surface area contributed by atoms with Crippen LogP contribution in [0.3, 0.4) is 0 Å². The summed E-state index contributed by atoms with van der Waals surface area (Å²) in [6, 6.07) is 3.12. The van der Waals surface area contributed by atoms with Crippen LogP contribution in [0.15, 0.2) is 16.6 Å². The van der Waals surface area contributed by atoms with E-state index in [1.807, 2.05) is 11.5 Å². The third-order valence-corrected chi connectivity index (χ3v) is 5.13. The number of fused-ring (bicyclic) bond motifs is 1. The molecule has 0 bridgehead atoms. The molecule has 0 aliphatic heterocycles. The topological polar surface area (TPSA) is 34.9 Å². The first-order valence-electron chi connectivity index (χ1n) is 6.32. The van der Waals surface area contributed by atoms with Crippen LogP contribution in [0.5, 0.6) is 0 Å². The molecule has 0 radical (unpaired) electrons. The van der Waals surface area contributed by atoms with Crippen LogP contribution in [0.25, 0.3) is 11.0 Å². The van der Waals surface area contributed by atoms with E-state index in [4.69, 9.17) is 11.6 Å². The van der Waals surface area contributed by atoms with Crippen molar-refractivity contribution in [3.05, 3.63) is 28.2 Å². The Morgan fingerprint density at radius 3 is 2.90 bits per heavy atom. The molecule has 1 aromatic heterocycles. The van der Waals surface area contributed by atoms with E-state index in [0.717, 1.165) is 16.9 Å². The molecule has 0 aliphatic carbocycles. The average molecular weight is 382 g/mol. The minimum absolute atomic E-state index is 0.326. The number of benzene rings is 1. The van der Waals surface area contributed by atoms with E-state index in [1.165, 1.54) is 6.07 Å². The molecule has 3 nitrogen and oxygen atoms in total. The van der Waals surface area contributed by atoms with Crippen LogP contribution >= 0.6 is 27.5 Å². The molecule has 0 amide bonds. The number of hydrogen-bond donors (Lipinski definition) is 0. The largest absolute Gasteiger partial charge is 0.327 e. The van der Waals surface area contributed by atoms with E-state index in [9.17, 15) is 8.60 Å². The Hall–Kier alpha value is -0.460. The molecule has 0 saturated heterocycles. The monoisotopic (exact) mass is 380 g/mol. The highest BCUT2D eigenvalue weighted by Crippen LogP contribution is 2.24. The number of aryl methyl sites for hydroxylation is 2. The Balaban J connectivity index is 2.44. The summed E-state index contributed by atoms with van der Waals surface area (Å²) in [5.74, 6) is 2.09. The number of imidazole rings is 1. The zero-order valence-corrected chi connectivity index (χ0v) is 14.2. The van der Waals surface area contributed by atoms with Gasteiger partial charge in [0.2, 0.25) is 0 Å². The van der Waals surface area contributed by atoms with Gasteiger partial charge < -0.3 is 4.57 Å².